The van der Waals surface area contributed by atoms with Gasteiger partial charge in [0.05, 0.1) is 12.2 Å². The third kappa shape index (κ3) is 5.12. The molecule has 0 spiro atoms. The lowest BCUT2D eigenvalue weighted by Crippen LogP contribution is -2.31. The number of hydrogen-bond acceptors (Lipinski definition) is 6. The van der Waals surface area contributed by atoms with E-state index in [9.17, 15) is 4.79 Å². The number of fused-ring (bicyclic) bond motifs is 1. The molecule has 3 aromatic rings. The van der Waals surface area contributed by atoms with E-state index in [1.165, 1.54) is 0 Å². The van der Waals surface area contributed by atoms with Crippen LogP contribution >= 0.6 is 11.8 Å². The summed E-state index contributed by atoms with van der Waals surface area (Å²) < 4.78 is 7.89. The van der Waals surface area contributed by atoms with Crippen LogP contribution in [-0.4, -0.2) is 33.0 Å². The molecular weight excluding hydrogens is 446 g/mol. The number of aromatic nitrogens is 3. The highest BCUT2D eigenvalue weighted by Crippen LogP contribution is 2.40. The number of nitrogens with one attached hydrogen (secondary N) is 2. The molecule has 1 unspecified atom stereocenters. The van der Waals surface area contributed by atoms with Gasteiger partial charge in [0.2, 0.25) is 11.1 Å². The van der Waals surface area contributed by atoms with Gasteiger partial charge in [-0.15, -0.1) is 5.10 Å². The molecule has 0 saturated heterocycles. The second kappa shape index (κ2) is 10.8. The van der Waals surface area contributed by atoms with Gasteiger partial charge in [-0.2, -0.15) is 4.98 Å². The third-order valence-corrected chi connectivity index (χ3v) is 6.54. The van der Waals surface area contributed by atoms with Crippen LogP contribution < -0.4 is 15.4 Å². The molecule has 2 aromatic carbocycles. The number of anilines is 2. The van der Waals surface area contributed by atoms with Gasteiger partial charge in [-0.25, -0.2) is 4.68 Å². The van der Waals surface area contributed by atoms with Gasteiger partial charge in [0, 0.05) is 22.7 Å². The first-order valence-electron chi connectivity index (χ1n) is 11.7. The number of ether oxygens (including phenoxy) is 1. The first-order valence-corrected chi connectivity index (χ1v) is 12.7. The van der Waals surface area contributed by atoms with Gasteiger partial charge in [-0.1, -0.05) is 61.5 Å². The zero-order valence-corrected chi connectivity index (χ0v) is 20.9. The molecule has 34 heavy (non-hydrogen) atoms. The minimum atomic E-state index is -0.474. The smallest absolute Gasteiger partial charge is 0.255 e. The molecule has 2 heterocycles. The van der Waals surface area contributed by atoms with Crippen molar-refractivity contribution in [1.82, 2.24) is 14.8 Å². The topological polar surface area (TPSA) is 81.1 Å². The van der Waals surface area contributed by atoms with Crippen LogP contribution in [0.4, 0.5) is 11.6 Å². The molecule has 2 N–H and O–H groups in total. The lowest BCUT2D eigenvalue weighted by atomic mass is 9.94. The summed E-state index contributed by atoms with van der Waals surface area (Å²) in [4.78, 5) is 18.3. The lowest BCUT2D eigenvalue weighted by molar-refractivity contribution is -0.113. The Bertz CT molecular complexity index is 1190. The predicted octanol–water partition coefficient (Wildman–Crippen LogP) is 5.81. The maximum Gasteiger partial charge on any atom is 0.255 e. The van der Waals surface area contributed by atoms with Crippen molar-refractivity contribution < 1.29 is 9.53 Å². The summed E-state index contributed by atoms with van der Waals surface area (Å²) in [5.41, 5.74) is 4.08. The zero-order chi connectivity index (χ0) is 24.1. The Morgan fingerprint density at radius 1 is 1.12 bits per heavy atom. The molecule has 1 atom stereocenters. The molecule has 4 rings (SSSR count). The van der Waals surface area contributed by atoms with Gasteiger partial charge < -0.3 is 15.4 Å². The fourth-order valence-corrected chi connectivity index (χ4v) is 4.54. The van der Waals surface area contributed by atoms with Crippen LogP contribution in [0, 0.1) is 6.92 Å². The van der Waals surface area contributed by atoms with Crippen LogP contribution in [0.25, 0.3) is 0 Å². The molecule has 1 aliphatic rings. The molecule has 0 fully saturated rings. The summed E-state index contributed by atoms with van der Waals surface area (Å²) in [7, 11) is 0. The molecular formula is C26H31N5O2S. The van der Waals surface area contributed by atoms with Crippen LogP contribution in [0.15, 0.2) is 65.0 Å². The van der Waals surface area contributed by atoms with E-state index in [0.29, 0.717) is 23.3 Å². The molecule has 178 valence electrons. The fourth-order valence-electron chi connectivity index (χ4n) is 3.85. The average Bonchev–Trinajstić information content (AvgIpc) is 3.24. The van der Waals surface area contributed by atoms with Crippen molar-refractivity contribution in [2.75, 3.05) is 23.0 Å². The van der Waals surface area contributed by atoms with E-state index < -0.39 is 6.04 Å². The van der Waals surface area contributed by atoms with E-state index >= 15 is 0 Å². The summed E-state index contributed by atoms with van der Waals surface area (Å²) in [6, 6.07) is 15.2. The number of benzene rings is 2. The standard InChI is InChI=1S/C26H31N5O2S/c1-5-15-33-21-10-8-7-9-20(21)23-22(24(32)28-19-13-11-17(3)12-14-19)18(4)27-25-29-26(30-31(23)25)34-16-6-2/h7-14,23H,5-6,15-16H2,1-4H3,(H,28,32)(H,27,29,30). The minimum absolute atomic E-state index is 0.187. The van der Waals surface area contributed by atoms with E-state index in [-0.39, 0.29) is 5.91 Å². The fraction of sp³-hybridized carbons (Fsp3) is 0.346. The average molecular weight is 478 g/mol. The van der Waals surface area contributed by atoms with E-state index in [4.69, 9.17) is 14.8 Å². The van der Waals surface area contributed by atoms with Crippen molar-refractivity contribution in [2.45, 2.75) is 51.7 Å². The van der Waals surface area contributed by atoms with Crippen LogP contribution in [0.5, 0.6) is 5.75 Å². The Morgan fingerprint density at radius 3 is 2.62 bits per heavy atom. The molecule has 1 aromatic heterocycles. The zero-order valence-electron chi connectivity index (χ0n) is 20.1. The first-order chi connectivity index (χ1) is 16.5. The van der Waals surface area contributed by atoms with Gasteiger partial charge in [0.1, 0.15) is 11.8 Å². The Hall–Kier alpha value is -3.26. The van der Waals surface area contributed by atoms with E-state index in [2.05, 4.69) is 24.5 Å². The quantitative estimate of drug-likeness (QED) is 0.379. The predicted molar refractivity (Wildman–Crippen MR) is 138 cm³/mol. The van der Waals surface area contributed by atoms with Crippen molar-refractivity contribution >= 4 is 29.3 Å². The van der Waals surface area contributed by atoms with Crippen LogP contribution in [-0.2, 0) is 4.79 Å². The van der Waals surface area contributed by atoms with Gasteiger partial charge in [0.15, 0.2) is 0 Å². The van der Waals surface area contributed by atoms with Crippen LogP contribution in [0.3, 0.4) is 0 Å². The number of hydrogen-bond donors (Lipinski definition) is 2. The number of aryl methyl sites for hydroxylation is 1. The SMILES string of the molecule is CCCOc1ccccc1C1C(C(=O)Nc2ccc(C)cc2)=C(C)Nc2nc(SCCC)nn21. The van der Waals surface area contributed by atoms with Crippen molar-refractivity contribution in [3.05, 3.63) is 70.9 Å². The summed E-state index contributed by atoms with van der Waals surface area (Å²) in [5.74, 6) is 2.11. The first kappa shape index (κ1) is 23.9. The number of para-hydroxylation sites is 1. The summed E-state index contributed by atoms with van der Waals surface area (Å²) >= 11 is 1.61. The maximum absolute atomic E-state index is 13.6. The molecule has 1 amide bonds. The minimum Gasteiger partial charge on any atom is -0.493 e. The molecule has 0 aliphatic carbocycles. The van der Waals surface area contributed by atoms with E-state index in [0.717, 1.165) is 46.9 Å². The van der Waals surface area contributed by atoms with Crippen molar-refractivity contribution in [2.24, 2.45) is 0 Å². The largest absolute Gasteiger partial charge is 0.493 e. The summed E-state index contributed by atoms with van der Waals surface area (Å²) in [5, 5.41) is 11.8. The second-order valence-corrected chi connectivity index (χ2v) is 9.35. The summed E-state index contributed by atoms with van der Waals surface area (Å²) in [6.07, 6.45) is 1.92. The number of carbonyl (C=O) groups excluding carboxylic acids is 1. The Kier molecular flexibility index (Phi) is 7.57. The monoisotopic (exact) mass is 477 g/mol. The van der Waals surface area contributed by atoms with Gasteiger partial charge >= 0.3 is 0 Å². The number of rotatable bonds is 9. The van der Waals surface area contributed by atoms with Gasteiger partial charge in [-0.05, 0) is 44.9 Å². The highest BCUT2D eigenvalue weighted by atomic mass is 32.2. The molecule has 1 aliphatic heterocycles. The molecule has 7 nitrogen and oxygen atoms in total. The van der Waals surface area contributed by atoms with E-state index in [1.807, 2.05) is 67.1 Å². The molecule has 0 saturated carbocycles. The Labute approximate surface area is 205 Å². The molecule has 0 radical (unpaired) electrons. The number of amides is 1. The van der Waals surface area contributed by atoms with Crippen molar-refractivity contribution in [3.63, 3.8) is 0 Å². The number of carbonyl (C=O) groups is 1. The number of nitrogens with zero attached hydrogens (tertiary/aromatic N) is 3. The second-order valence-electron chi connectivity index (χ2n) is 8.28. The Morgan fingerprint density at radius 2 is 1.88 bits per heavy atom. The highest BCUT2D eigenvalue weighted by molar-refractivity contribution is 7.99. The van der Waals surface area contributed by atoms with Crippen molar-refractivity contribution in [3.8, 4) is 5.75 Å². The Balaban J connectivity index is 1.78. The normalized spacial score (nSPS) is 15.0. The number of thioether (sulfide) groups is 1. The number of allylic oxidation sites excluding steroid dienone is 1. The third-order valence-electron chi connectivity index (χ3n) is 5.50. The summed E-state index contributed by atoms with van der Waals surface area (Å²) in [6.45, 7) is 8.73. The van der Waals surface area contributed by atoms with Gasteiger partial charge in [0.25, 0.3) is 5.91 Å². The molecule has 0 bridgehead atoms. The van der Waals surface area contributed by atoms with E-state index in [1.54, 1.807) is 11.8 Å². The van der Waals surface area contributed by atoms with Crippen molar-refractivity contribution in [1.29, 1.82) is 0 Å². The van der Waals surface area contributed by atoms with Crippen LogP contribution in [0.2, 0.25) is 0 Å². The van der Waals surface area contributed by atoms with Crippen LogP contribution in [0.1, 0.15) is 50.8 Å². The van der Waals surface area contributed by atoms with Gasteiger partial charge in [-0.3, -0.25) is 4.79 Å². The molecule has 8 heteroatoms. The lowest BCUT2D eigenvalue weighted by Gasteiger charge is -2.29. The maximum atomic E-state index is 13.6. The highest BCUT2D eigenvalue weighted by Gasteiger charge is 2.36.